The molecule has 0 saturated heterocycles. The lowest BCUT2D eigenvalue weighted by Crippen LogP contribution is -2.30. The SMILES string of the molecule is CCC(C)CCCCCCCCC(=O)O[C@H](COC(=O)CCCCCCCCCCCCCC(C)C)COP(=O)(O)OC[C@@H](O)COP(=O)(O)OC[C@@H](COC(=O)CCCCCCCCC(C)C)OC(=O)CCCCCCCCCCCCCCCC(C)C. The molecule has 19 heteroatoms. The molecule has 0 saturated carbocycles. The van der Waals surface area contributed by atoms with Crippen molar-refractivity contribution in [2.45, 2.75) is 363 Å². The van der Waals surface area contributed by atoms with Crippen LogP contribution in [0.5, 0.6) is 0 Å². The van der Waals surface area contributed by atoms with Crippen molar-refractivity contribution in [2.75, 3.05) is 39.6 Å². The van der Waals surface area contributed by atoms with Crippen molar-refractivity contribution in [2.24, 2.45) is 23.7 Å². The largest absolute Gasteiger partial charge is 0.472 e. The maximum Gasteiger partial charge on any atom is 0.472 e. The minimum Gasteiger partial charge on any atom is -0.462 e. The first-order chi connectivity index (χ1) is 42.6. The summed E-state index contributed by atoms with van der Waals surface area (Å²) in [6.07, 6.45) is 41.9. The molecule has 3 unspecified atom stereocenters. The summed E-state index contributed by atoms with van der Waals surface area (Å²) in [4.78, 5) is 72.5. The van der Waals surface area contributed by atoms with Crippen molar-refractivity contribution in [1.82, 2.24) is 0 Å². The number of ether oxygens (including phenoxy) is 4. The molecule has 528 valence electrons. The third kappa shape index (κ3) is 63.2. The standard InChI is InChI=1S/C70H136O17P2/c1-9-63(8)49-41-33-27-29-37-45-53-70(75)87-66(56-80-67(72)50-42-34-24-20-17-13-15-19-23-31-39-47-61(4)5)59-85-89(78,79)83-55-64(71)54-82-88(76,77)84-58-65(57-81-68(73)51-43-35-28-26-32-40-48-62(6)7)86-69(74)52-44-36-25-21-16-12-10-11-14-18-22-30-38-46-60(2)3/h60-66,71H,9-59H2,1-8H3,(H,76,77)(H,78,79)/t63?,64-,65+,66+/m0/s1. The van der Waals surface area contributed by atoms with E-state index >= 15 is 0 Å². The Labute approximate surface area is 543 Å². The molecule has 0 aromatic carbocycles. The second-order valence-electron chi connectivity index (χ2n) is 26.9. The highest BCUT2D eigenvalue weighted by Gasteiger charge is 2.30. The van der Waals surface area contributed by atoms with Gasteiger partial charge in [-0.05, 0) is 49.4 Å². The molecular formula is C70H136O17P2. The van der Waals surface area contributed by atoms with Gasteiger partial charge in [0.05, 0.1) is 26.4 Å². The number of phosphoric acid groups is 2. The van der Waals surface area contributed by atoms with E-state index in [4.69, 9.17) is 37.0 Å². The quantitative estimate of drug-likeness (QED) is 0.0222. The Hall–Kier alpha value is -1.94. The first-order valence-corrected chi connectivity index (χ1v) is 39.2. The Morgan fingerprint density at radius 3 is 0.798 bits per heavy atom. The third-order valence-electron chi connectivity index (χ3n) is 16.4. The van der Waals surface area contributed by atoms with E-state index < -0.39 is 97.5 Å². The molecule has 0 spiro atoms. The number of carbonyl (C=O) groups excluding carboxylic acids is 4. The van der Waals surface area contributed by atoms with Crippen molar-refractivity contribution in [1.29, 1.82) is 0 Å². The van der Waals surface area contributed by atoms with Crippen LogP contribution in [0.1, 0.15) is 344 Å². The van der Waals surface area contributed by atoms with Crippen molar-refractivity contribution < 1.29 is 80.2 Å². The molecule has 0 rings (SSSR count). The number of unbranched alkanes of at least 4 members (excludes halogenated alkanes) is 32. The zero-order valence-corrected chi connectivity index (χ0v) is 59.8. The average Bonchev–Trinajstić information content (AvgIpc) is 3.70. The second-order valence-corrected chi connectivity index (χ2v) is 29.8. The Morgan fingerprint density at radius 2 is 0.539 bits per heavy atom. The summed E-state index contributed by atoms with van der Waals surface area (Å²) in [5.74, 6) is 0.824. The molecule has 0 bridgehead atoms. The monoisotopic (exact) mass is 1310 g/mol. The number of hydrogen-bond donors (Lipinski definition) is 3. The Kier molecular flexibility index (Phi) is 58.5. The lowest BCUT2D eigenvalue weighted by Gasteiger charge is -2.21. The van der Waals surface area contributed by atoms with Crippen LogP contribution < -0.4 is 0 Å². The first kappa shape index (κ1) is 87.1. The van der Waals surface area contributed by atoms with E-state index in [0.29, 0.717) is 31.6 Å². The average molecular weight is 1310 g/mol. The molecule has 0 heterocycles. The third-order valence-corrected chi connectivity index (χ3v) is 18.3. The van der Waals surface area contributed by atoms with E-state index in [9.17, 15) is 43.2 Å². The van der Waals surface area contributed by atoms with E-state index in [0.717, 1.165) is 114 Å². The van der Waals surface area contributed by atoms with Gasteiger partial charge in [0.15, 0.2) is 12.2 Å². The maximum atomic E-state index is 13.0. The topological polar surface area (TPSA) is 237 Å². The van der Waals surface area contributed by atoms with Gasteiger partial charge in [-0.15, -0.1) is 0 Å². The molecular weight excluding hydrogens is 1170 g/mol. The van der Waals surface area contributed by atoms with Gasteiger partial charge in [0.1, 0.15) is 19.3 Å². The van der Waals surface area contributed by atoms with Crippen LogP contribution in [0.4, 0.5) is 0 Å². The lowest BCUT2D eigenvalue weighted by molar-refractivity contribution is -0.161. The van der Waals surface area contributed by atoms with E-state index in [-0.39, 0.29) is 25.7 Å². The number of esters is 4. The molecule has 0 aliphatic rings. The molecule has 0 aromatic rings. The van der Waals surface area contributed by atoms with Gasteiger partial charge in [-0.2, -0.15) is 0 Å². The number of rotatable bonds is 67. The van der Waals surface area contributed by atoms with Crippen LogP contribution in [0, 0.1) is 23.7 Å². The molecule has 0 aliphatic heterocycles. The highest BCUT2D eigenvalue weighted by molar-refractivity contribution is 7.47. The van der Waals surface area contributed by atoms with E-state index in [1.165, 1.54) is 141 Å². The van der Waals surface area contributed by atoms with Crippen LogP contribution in [-0.2, 0) is 65.4 Å². The van der Waals surface area contributed by atoms with E-state index in [1.54, 1.807) is 0 Å². The fourth-order valence-corrected chi connectivity index (χ4v) is 12.0. The highest BCUT2D eigenvalue weighted by Crippen LogP contribution is 2.45. The van der Waals surface area contributed by atoms with E-state index in [2.05, 4.69) is 55.4 Å². The van der Waals surface area contributed by atoms with Gasteiger partial charge in [0.25, 0.3) is 0 Å². The van der Waals surface area contributed by atoms with Gasteiger partial charge in [0.2, 0.25) is 0 Å². The fourth-order valence-electron chi connectivity index (χ4n) is 10.5. The van der Waals surface area contributed by atoms with Crippen molar-refractivity contribution in [3.63, 3.8) is 0 Å². The Balaban J connectivity index is 5.22. The summed E-state index contributed by atoms with van der Waals surface area (Å²) in [6.45, 7) is 14.0. The maximum absolute atomic E-state index is 13.0. The number of phosphoric ester groups is 2. The summed E-state index contributed by atoms with van der Waals surface area (Å²) in [5.41, 5.74) is 0. The second kappa shape index (κ2) is 59.8. The molecule has 89 heavy (non-hydrogen) atoms. The van der Waals surface area contributed by atoms with Crippen LogP contribution >= 0.6 is 15.6 Å². The predicted molar refractivity (Wildman–Crippen MR) is 358 cm³/mol. The van der Waals surface area contributed by atoms with Gasteiger partial charge >= 0.3 is 39.5 Å². The van der Waals surface area contributed by atoms with Crippen LogP contribution in [0.15, 0.2) is 0 Å². The Morgan fingerprint density at radius 1 is 0.315 bits per heavy atom. The number of hydrogen-bond acceptors (Lipinski definition) is 15. The minimum atomic E-state index is -4.95. The molecule has 6 atom stereocenters. The van der Waals surface area contributed by atoms with Crippen LogP contribution in [-0.4, -0.2) is 96.7 Å². The number of aliphatic hydroxyl groups is 1. The zero-order valence-electron chi connectivity index (χ0n) is 58.1. The molecule has 3 N–H and O–H groups in total. The molecule has 17 nitrogen and oxygen atoms in total. The highest BCUT2D eigenvalue weighted by atomic mass is 31.2. The fraction of sp³-hybridized carbons (Fsp3) is 0.943. The molecule has 0 amide bonds. The van der Waals surface area contributed by atoms with Crippen LogP contribution in [0.3, 0.4) is 0 Å². The Bertz CT molecular complexity index is 1770. The van der Waals surface area contributed by atoms with Gasteiger partial charge in [0, 0.05) is 25.7 Å². The van der Waals surface area contributed by atoms with Crippen LogP contribution in [0.25, 0.3) is 0 Å². The molecule has 0 aromatic heterocycles. The molecule has 0 aliphatic carbocycles. The van der Waals surface area contributed by atoms with Gasteiger partial charge in [-0.1, -0.05) is 293 Å². The summed E-state index contributed by atoms with van der Waals surface area (Å²) >= 11 is 0. The van der Waals surface area contributed by atoms with Crippen LogP contribution in [0.2, 0.25) is 0 Å². The summed E-state index contributed by atoms with van der Waals surface area (Å²) in [5, 5.41) is 10.6. The van der Waals surface area contributed by atoms with Gasteiger partial charge < -0.3 is 33.8 Å². The molecule has 0 radical (unpaired) electrons. The predicted octanol–water partition coefficient (Wildman–Crippen LogP) is 19.7. The lowest BCUT2D eigenvalue weighted by atomic mass is 10.00. The van der Waals surface area contributed by atoms with E-state index in [1.807, 2.05) is 0 Å². The number of carbonyl (C=O) groups is 4. The zero-order chi connectivity index (χ0) is 66.1. The van der Waals surface area contributed by atoms with Crippen molar-refractivity contribution >= 4 is 39.5 Å². The molecule has 0 fully saturated rings. The van der Waals surface area contributed by atoms with Crippen molar-refractivity contribution in [3.8, 4) is 0 Å². The van der Waals surface area contributed by atoms with Crippen molar-refractivity contribution in [3.05, 3.63) is 0 Å². The summed E-state index contributed by atoms with van der Waals surface area (Å²) in [7, 11) is -9.90. The normalized spacial score (nSPS) is 14.6. The minimum absolute atomic E-state index is 0.102. The first-order valence-electron chi connectivity index (χ1n) is 36.2. The number of aliphatic hydroxyl groups excluding tert-OH is 1. The summed E-state index contributed by atoms with van der Waals surface area (Å²) < 4.78 is 68.2. The summed E-state index contributed by atoms with van der Waals surface area (Å²) in [6, 6.07) is 0. The van der Waals surface area contributed by atoms with Gasteiger partial charge in [-0.25, -0.2) is 9.13 Å². The van der Waals surface area contributed by atoms with Gasteiger partial charge in [-0.3, -0.25) is 37.3 Å². The smallest absolute Gasteiger partial charge is 0.462 e.